The summed E-state index contributed by atoms with van der Waals surface area (Å²) in [5, 5.41) is 9.69. The Labute approximate surface area is 97.9 Å². The van der Waals surface area contributed by atoms with Crippen molar-refractivity contribution in [2.45, 2.75) is 25.4 Å². The van der Waals surface area contributed by atoms with Gasteiger partial charge >= 0.3 is 0 Å². The first-order chi connectivity index (χ1) is 7.44. The van der Waals surface area contributed by atoms with Gasteiger partial charge in [-0.05, 0) is 45.8 Å². The maximum atomic E-state index is 11.1. The minimum Gasteiger partial charge on any atom is -0.392 e. The lowest BCUT2D eigenvalue weighted by atomic mass is 10.2. The van der Waals surface area contributed by atoms with Gasteiger partial charge in [0.2, 0.25) is 10.0 Å². The first-order valence-corrected chi connectivity index (χ1v) is 7.37. The van der Waals surface area contributed by atoms with Crippen LogP contribution in [0, 0.1) is 5.92 Å². The van der Waals surface area contributed by atoms with E-state index in [9.17, 15) is 13.5 Å². The largest absolute Gasteiger partial charge is 0.392 e. The molecule has 1 unspecified atom stereocenters. The molecule has 0 radical (unpaired) electrons. The highest BCUT2D eigenvalue weighted by Crippen LogP contribution is 2.32. The Hall–Kier alpha value is -0.170. The molecule has 1 fully saturated rings. The zero-order valence-corrected chi connectivity index (χ0v) is 10.8. The van der Waals surface area contributed by atoms with E-state index in [1.54, 1.807) is 0 Å². The Morgan fingerprint density at radius 1 is 1.50 bits per heavy atom. The highest BCUT2D eigenvalue weighted by molar-refractivity contribution is 7.89. The predicted molar refractivity (Wildman–Crippen MR) is 63.7 cm³/mol. The first-order valence-electron chi connectivity index (χ1n) is 5.72. The molecule has 1 rings (SSSR count). The molecule has 0 spiro atoms. The monoisotopic (exact) mass is 250 g/mol. The third-order valence-electron chi connectivity index (χ3n) is 2.93. The van der Waals surface area contributed by atoms with Gasteiger partial charge in [-0.3, -0.25) is 0 Å². The number of likely N-dealkylation sites (N-methyl/N-ethyl adjacent to an activating group) is 1. The van der Waals surface area contributed by atoms with Crippen LogP contribution in [-0.2, 0) is 10.0 Å². The average molecular weight is 250 g/mol. The first kappa shape index (κ1) is 13.9. The summed E-state index contributed by atoms with van der Waals surface area (Å²) >= 11 is 0. The molecular formula is C10H22N2O3S. The lowest BCUT2D eigenvalue weighted by Gasteiger charge is -2.20. The van der Waals surface area contributed by atoms with Crippen LogP contribution in [0.4, 0.5) is 0 Å². The maximum Gasteiger partial charge on any atom is 0.211 e. The Bertz CT molecular complexity index is 301. The molecule has 1 saturated carbocycles. The maximum absolute atomic E-state index is 11.1. The van der Waals surface area contributed by atoms with Crippen molar-refractivity contribution in [1.29, 1.82) is 0 Å². The summed E-state index contributed by atoms with van der Waals surface area (Å²) in [6.07, 6.45) is 2.61. The lowest BCUT2D eigenvalue weighted by Crippen LogP contribution is -2.32. The van der Waals surface area contributed by atoms with Crippen molar-refractivity contribution in [3.05, 3.63) is 0 Å². The number of rotatable bonds is 8. The molecular weight excluding hydrogens is 228 g/mol. The molecule has 5 nitrogen and oxygen atoms in total. The summed E-state index contributed by atoms with van der Waals surface area (Å²) in [6, 6.07) is 0. The zero-order chi connectivity index (χ0) is 12.2. The van der Waals surface area contributed by atoms with Gasteiger partial charge in [0.25, 0.3) is 0 Å². The highest BCUT2D eigenvalue weighted by atomic mass is 32.2. The van der Waals surface area contributed by atoms with Crippen LogP contribution < -0.4 is 4.72 Å². The number of sulfonamides is 1. The average Bonchev–Trinajstić information content (AvgIpc) is 3.00. The SMILES string of the molecule is CNS(=O)(=O)CCCN(C)CC(O)C1CC1. The normalized spacial score (nSPS) is 19.0. The summed E-state index contributed by atoms with van der Waals surface area (Å²) in [4.78, 5) is 1.99. The quantitative estimate of drug-likeness (QED) is 0.616. The van der Waals surface area contributed by atoms with Crippen molar-refractivity contribution < 1.29 is 13.5 Å². The molecule has 0 aromatic heterocycles. The summed E-state index contributed by atoms with van der Waals surface area (Å²) in [5.74, 6) is 0.622. The van der Waals surface area contributed by atoms with Crippen molar-refractivity contribution in [3.63, 3.8) is 0 Å². The minimum absolute atomic E-state index is 0.146. The summed E-state index contributed by atoms with van der Waals surface area (Å²) in [7, 11) is 0.254. The van der Waals surface area contributed by atoms with Crippen LogP contribution in [0.15, 0.2) is 0 Å². The molecule has 1 aliphatic rings. The van der Waals surface area contributed by atoms with Crippen LogP contribution in [0.1, 0.15) is 19.3 Å². The van der Waals surface area contributed by atoms with Crippen LogP contribution >= 0.6 is 0 Å². The van der Waals surface area contributed by atoms with E-state index in [-0.39, 0.29) is 11.9 Å². The van der Waals surface area contributed by atoms with E-state index in [0.29, 0.717) is 25.4 Å². The molecule has 2 N–H and O–H groups in total. The number of nitrogens with one attached hydrogen (secondary N) is 1. The van der Waals surface area contributed by atoms with Gasteiger partial charge in [0.05, 0.1) is 11.9 Å². The highest BCUT2D eigenvalue weighted by Gasteiger charge is 2.30. The van der Waals surface area contributed by atoms with Gasteiger partial charge in [0.1, 0.15) is 0 Å². The van der Waals surface area contributed by atoms with Crippen LogP contribution in [-0.4, -0.2) is 57.5 Å². The van der Waals surface area contributed by atoms with Crippen molar-refractivity contribution in [1.82, 2.24) is 9.62 Å². The molecule has 0 aromatic carbocycles. The summed E-state index contributed by atoms with van der Waals surface area (Å²) in [6.45, 7) is 1.34. The molecule has 0 aliphatic heterocycles. The van der Waals surface area contributed by atoms with E-state index in [2.05, 4.69) is 4.72 Å². The van der Waals surface area contributed by atoms with Crippen molar-refractivity contribution in [3.8, 4) is 0 Å². The van der Waals surface area contributed by atoms with Gasteiger partial charge in [-0.1, -0.05) is 0 Å². The van der Waals surface area contributed by atoms with E-state index < -0.39 is 10.0 Å². The van der Waals surface area contributed by atoms with E-state index in [1.165, 1.54) is 7.05 Å². The number of hydrogen-bond acceptors (Lipinski definition) is 4. The Kier molecular flexibility index (Phi) is 5.17. The fourth-order valence-electron chi connectivity index (χ4n) is 1.67. The van der Waals surface area contributed by atoms with Gasteiger partial charge in [0.15, 0.2) is 0 Å². The Balaban J connectivity index is 2.12. The summed E-state index contributed by atoms with van der Waals surface area (Å²) < 4.78 is 24.6. The fraction of sp³-hybridized carbons (Fsp3) is 1.00. The van der Waals surface area contributed by atoms with Crippen molar-refractivity contribution in [2.75, 3.05) is 32.9 Å². The number of aliphatic hydroxyl groups excluding tert-OH is 1. The topological polar surface area (TPSA) is 69.6 Å². The molecule has 6 heteroatoms. The lowest BCUT2D eigenvalue weighted by molar-refractivity contribution is 0.107. The van der Waals surface area contributed by atoms with E-state index in [4.69, 9.17) is 0 Å². The van der Waals surface area contributed by atoms with E-state index in [1.807, 2.05) is 11.9 Å². The number of nitrogens with zero attached hydrogens (tertiary/aromatic N) is 1. The molecule has 16 heavy (non-hydrogen) atoms. The minimum atomic E-state index is -3.09. The van der Waals surface area contributed by atoms with Crippen LogP contribution in [0.2, 0.25) is 0 Å². The van der Waals surface area contributed by atoms with Crippen molar-refractivity contribution >= 4 is 10.0 Å². The van der Waals surface area contributed by atoms with Crippen LogP contribution in [0.5, 0.6) is 0 Å². The van der Waals surface area contributed by atoms with Gasteiger partial charge in [-0.25, -0.2) is 13.1 Å². The number of aliphatic hydroxyl groups is 1. The molecule has 0 aromatic rings. The fourth-order valence-corrected chi connectivity index (χ4v) is 2.38. The van der Waals surface area contributed by atoms with Crippen molar-refractivity contribution in [2.24, 2.45) is 5.92 Å². The van der Waals surface area contributed by atoms with Gasteiger partial charge in [0, 0.05) is 6.54 Å². The third kappa shape index (κ3) is 5.25. The summed E-state index contributed by atoms with van der Waals surface area (Å²) in [5.41, 5.74) is 0. The molecule has 96 valence electrons. The molecule has 1 atom stereocenters. The molecule has 0 heterocycles. The Morgan fingerprint density at radius 2 is 2.12 bits per heavy atom. The van der Waals surface area contributed by atoms with E-state index >= 15 is 0 Å². The van der Waals surface area contributed by atoms with E-state index in [0.717, 1.165) is 12.8 Å². The van der Waals surface area contributed by atoms with Gasteiger partial charge in [-0.15, -0.1) is 0 Å². The second-order valence-electron chi connectivity index (χ2n) is 4.54. The Morgan fingerprint density at radius 3 is 2.62 bits per heavy atom. The van der Waals surface area contributed by atoms with Gasteiger partial charge < -0.3 is 10.0 Å². The van der Waals surface area contributed by atoms with Crippen LogP contribution in [0.3, 0.4) is 0 Å². The smallest absolute Gasteiger partial charge is 0.211 e. The standard InChI is InChI=1S/C10H22N2O3S/c1-11-16(14,15)7-3-6-12(2)8-10(13)9-4-5-9/h9-11,13H,3-8H2,1-2H3. The van der Waals surface area contributed by atoms with Gasteiger partial charge in [-0.2, -0.15) is 0 Å². The second-order valence-corrected chi connectivity index (χ2v) is 6.59. The molecule has 0 amide bonds. The third-order valence-corrected chi connectivity index (χ3v) is 4.38. The second kappa shape index (κ2) is 5.95. The predicted octanol–water partition coefficient (Wildman–Crippen LogP) is -0.372. The molecule has 1 aliphatic carbocycles. The van der Waals surface area contributed by atoms with Crippen LogP contribution in [0.25, 0.3) is 0 Å². The number of hydrogen-bond donors (Lipinski definition) is 2. The molecule has 0 bridgehead atoms. The molecule has 0 saturated heterocycles. The zero-order valence-electron chi connectivity index (χ0n) is 10.0.